The van der Waals surface area contributed by atoms with Gasteiger partial charge in [-0.2, -0.15) is 0 Å². The van der Waals surface area contributed by atoms with E-state index in [4.69, 9.17) is 0 Å². The summed E-state index contributed by atoms with van der Waals surface area (Å²) >= 11 is 1.94. The summed E-state index contributed by atoms with van der Waals surface area (Å²) in [6.45, 7) is 6.99. The number of carbonyl (C=O) groups excluding carboxylic acids is 1. The Balaban J connectivity index is 1.56. The number of rotatable bonds is 2. The Morgan fingerprint density at radius 1 is 1.17 bits per heavy atom. The van der Waals surface area contributed by atoms with E-state index in [1.807, 2.05) is 17.4 Å². The van der Waals surface area contributed by atoms with Crippen molar-refractivity contribution in [3.8, 4) is 5.00 Å². The number of nitrogens with zero attached hydrogens (tertiary/aromatic N) is 2. The van der Waals surface area contributed by atoms with E-state index < -0.39 is 0 Å². The fourth-order valence-electron chi connectivity index (χ4n) is 5.05. The van der Waals surface area contributed by atoms with Crippen LogP contribution < -0.4 is 5.32 Å². The topological polar surface area (TPSA) is 37.3 Å². The molecule has 0 fully saturated rings. The third-order valence-corrected chi connectivity index (χ3v) is 7.91. The zero-order valence-corrected chi connectivity index (χ0v) is 18.8. The lowest BCUT2D eigenvalue weighted by atomic mass is 9.95. The van der Waals surface area contributed by atoms with Crippen molar-refractivity contribution < 1.29 is 4.79 Å². The molecular formula is C25H29N3OS. The number of anilines is 1. The van der Waals surface area contributed by atoms with Crippen LogP contribution in [0, 0.1) is 13.8 Å². The Bertz CT molecular complexity index is 1110. The van der Waals surface area contributed by atoms with Crippen molar-refractivity contribution in [2.24, 2.45) is 0 Å². The van der Waals surface area contributed by atoms with E-state index in [2.05, 4.69) is 66.0 Å². The Kier molecular flexibility index (Phi) is 4.94. The Morgan fingerprint density at radius 2 is 2.00 bits per heavy atom. The summed E-state index contributed by atoms with van der Waals surface area (Å²) in [6.07, 6.45) is 7.91. The van der Waals surface area contributed by atoms with Gasteiger partial charge in [-0.25, -0.2) is 4.79 Å². The number of amides is 2. The first-order chi connectivity index (χ1) is 14.6. The van der Waals surface area contributed by atoms with Gasteiger partial charge in [0, 0.05) is 28.0 Å². The summed E-state index contributed by atoms with van der Waals surface area (Å²) in [4.78, 5) is 17.1. The molecule has 4 nitrogen and oxygen atoms in total. The van der Waals surface area contributed by atoms with Gasteiger partial charge >= 0.3 is 6.03 Å². The summed E-state index contributed by atoms with van der Waals surface area (Å²) in [5, 5.41) is 4.53. The van der Waals surface area contributed by atoms with Crippen molar-refractivity contribution in [3.63, 3.8) is 0 Å². The van der Waals surface area contributed by atoms with Crippen LogP contribution in [0.5, 0.6) is 0 Å². The average molecular weight is 420 g/mol. The highest BCUT2D eigenvalue weighted by molar-refractivity contribution is 7.15. The van der Waals surface area contributed by atoms with Gasteiger partial charge in [0.05, 0.1) is 12.6 Å². The summed E-state index contributed by atoms with van der Waals surface area (Å²) in [5.41, 5.74) is 7.28. The fourth-order valence-corrected chi connectivity index (χ4v) is 6.45. The quantitative estimate of drug-likeness (QED) is 0.503. The van der Waals surface area contributed by atoms with Gasteiger partial charge in [-0.15, -0.1) is 11.3 Å². The number of carbonyl (C=O) groups is 1. The maximum Gasteiger partial charge on any atom is 0.322 e. The molecule has 30 heavy (non-hydrogen) atoms. The minimum Gasteiger partial charge on any atom is -0.312 e. The lowest BCUT2D eigenvalue weighted by molar-refractivity contribution is 0.181. The highest BCUT2D eigenvalue weighted by atomic mass is 32.1. The fraction of sp³-hybridized carbons (Fsp3) is 0.400. The predicted octanol–water partition coefficient (Wildman–Crippen LogP) is 6.53. The van der Waals surface area contributed by atoms with Gasteiger partial charge in [0.1, 0.15) is 5.00 Å². The van der Waals surface area contributed by atoms with Crippen molar-refractivity contribution in [1.82, 2.24) is 9.47 Å². The van der Waals surface area contributed by atoms with Crippen molar-refractivity contribution in [3.05, 3.63) is 69.4 Å². The summed E-state index contributed by atoms with van der Waals surface area (Å²) in [5.74, 6) is 0. The zero-order valence-electron chi connectivity index (χ0n) is 18.0. The second-order valence-corrected chi connectivity index (χ2v) is 9.68. The van der Waals surface area contributed by atoms with E-state index >= 15 is 0 Å². The smallest absolute Gasteiger partial charge is 0.312 e. The summed E-state index contributed by atoms with van der Waals surface area (Å²) < 4.78 is 2.34. The number of thiophene rings is 1. The van der Waals surface area contributed by atoms with Gasteiger partial charge in [0.2, 0.25) is 0 Å². The molecule has 1 atom stereocenters. The molecule has 1 aromatic carbocycles. The number of fused-ring (bicyclic) bond motifs is 5. The van der Waals surface area contributed by atoms with Crippen LogP contribution in [0.25, 0.3) is 5.00 Å². The van der Waals surface area contributed by atoms with E-state index in [1.165, 1.54) is 51.5 Å². The number of aromatic nitrogens is 1. The highest BCUT2D eigenvalue weighted by Crippen LogP contribution is 2.43. The molecule has 1 N–H and O–H groups in total. The van der Waals surface area contributed by atoms with Gasteiger partial charge in [0.25, 0.3) is 0 Å². The predicted molar refractivity (Wildman–Crippen MR) is 124 cm³/mol. The maximum atomic E-state index is 13.6. The van der Waals surface area contributed by atoms with Gasteiger partial charge in [0.15, 0.2) is 0 Å². The number of hydrogen-bond donors (Lipinski definition) is 1. The number of urea groups is 1. The van der Waals surface area contributed by atoms with Crippen molar-refractivity contribution in [2.45, 2.75) is 65.5 Å². The van der Waals surface area contributed by atoms with E-state index in [-0.39, 0.29) is 12.1 Å². The summed E-state index contributed by atoms with van der Waals surface area (Å²) in [7, 11) is 0. The normalized spacial score (nSPS) is 17.7. The van der Waals surface area contributed by atoms with Gasteiger partial charge in [-0.3, -0.25) is 0 Å². The highest BCUT2D eigenvalue weighted by Gasteiger charge is 2.34. The molecule has 1 unspecified atom stereocenters. The molecule has 0 bridgehead atoms. The molecule has 1 aliphatic heterocycles. The molecule has 5 heteroatoms. The molecule has 2 aromatic heterocycles. The Morgan fingerprint density at radius 3 is 2.80 bits per heavy atom. The zero-order chi connectivity index (χ0) is 20.8. The second-order valence-electron chi connectivity index (χ2n) is 8.60. The third kappa shape index (κ3) is 3.16. The molecule has 0 spiro atoms. The van der Waals surface area contributed by atoms with Crippen LogP contribution in [0.2, 0.25) is 0 Å². The number of nitrogens with one attached hydrogen (secondary N) is 1. The van der Waals surface area contributed by atoms with Crippen LogP contribution in [0.15, 0.2) is 36.5 Å². The van der Waals surface area contributed by atoms with Crippen molar-refractivity contribution in [2.75, 3.05) is 5.32 Å². The lowest BCUT2D eigenvalue weighted by Crippen LogP contribution is -2.37. The average Bonchev–Trinajstić information content (AvgIpc) is 3.32. The third-order valence-electron chi connectivity index (χ3n) is 6.58. The molecule has 3 aromatic rings. The number of benzene rings is 1. The Labute approximate surface area is 182 Å². The first kappa shape index (κ1) is 19.4. The van der Waals surface area contributed by atoms with Crippen molar-refractivity contribution >= 4 is 23.1 Å². The molecular weight excluding hydrogens is 390 g/mol. The first-order valence-corrected chi connectivity index (χ1v) is 11.8. The molecule has 0 saturated heterocycles. The van der Waals surface area contributed by atoms with Crippen LogP contribution in [0.1, 0.15) is 65.1 Å². The van der Waals surface area contributed by atoms with Crippen LogP contribution in [-0.4, -0.2) is 15.5 Å². The maximum absolute atomic E-state index is 13.6. The number of aryl methyl sites for hydroxylation is 3. The standard InChI is InChI=1S/C25H29N3OS/c1-4-21-22-9-7-13-27(22)24-19(18-8-5-6-10-23(18)30-24)15-28(21)25(29)26-20-12-11-16(2)14-17(20)3/h7,9,11-14,21H,4-6,8,10,15H2,1-3H3,(H,26,29). The summed E-state index contributed by atoms with van der Waals surface area (Å²) in [6, 6.07) is 10.5. The van der Waals surface area contributed by atoms with Crippen molar-refractivity contribution in [1.29, 1.82) is 0 Å². The largest absolute Gasteiger partial charge is 0.322 e. The molecule has 0 radical (unpaired) electrons. The molecule has 2 amide bonds. The molecule has 2 aliphatic rings. The van der Waals surface area contributed by atoms with E-state index in [1.54, 1.807) is 0 Å². The monoisotopic (exact) mass is 419 g/mol. The van der Waals surface area contributed by atoms with Crippen LogP contribution >= 0.6 is 11.3 Å². The lowest BCUT2D eigenvalue weighted by Gasteiger charge is -2.30. The van der Waals surface area contributed by atoms with E-state index in [9.17, 15) is 4.79 Å². The SMILES string of the molecule is CCC1c2cccn2-c2sc3c(c2CN1C(=O)Nc1ccc(C)cc1C)CCCC3. The molecule has 156 valence electrons. The van der Waals surface area contributed by atoms with Gasteiger partial charge in [-0.05, 0) is 75.3 Å². The van der Waals surface area contributed by atoms with E-state index in [0.29, 0.717) is 6.54 Å². The number of hydrogen-bond acceptors (Lipinski definition) is 2. The Hall–Kier alpha value is -2.53. The minimum absolute atomic E-state index is 0.00911. The van der Waals surface area contributed by atoms with Gasteiger partial charge in [-0.1, -0.05) is 24.6 Å². The first-order valence-electron chi connectivity index (χ1n) is 11.0. The van der Waals surface area contributed by atoms with Gasteiger partial charge < -0.3 is 14.8 Å². The minimum atomic E-state index is -0.00911. The van der Waals surface area contributed by atoms with Crippen LogP contribution in [-0.2, 0) is 19.4 Å². The van der Waals surface area contributed by atoms with Crippen LogP contribution in [0.4, 0.5) is 10.5 Å². The molecule has 5 rings (SSSR count). The molecule has 0 saturated carbocycles. The second kappa shape index (κ2) is 7.62. The molecule has 1 aliphatic carbocycles. The van der Waals surface area contributed by atoms with Crippen LogP contribution in [0.3, 0.4) is 0 Å². The van der Waals surface area contributed by atoms with E-state index in [0.717, 1.165) is 24.1 Å². The molecule has 3 heterocycles.